The second-order valence-corrected chi connectivity index (χ2v) is 5.08. The Labute approximate surface area is 122 Å². The maximum atomic E-state index is 13.4. The molecule has 21 heavy (non-hydrogen) atoms. The summed E-state index contributed by atoms with van der Waals surface area (Å²) in [6, 6.07) is 4.00. The lowest BCUT2D eigenvalue weighted by Gasteiger charge is -2.31. The number of halogens is 1. The number of nitrogen functional groups attached to an aromatic ring is 1. The molecule has 0 aromatic heterocycles. The summed E-state index contributed by atoms with van der Waals surface area (Å²) in [6.07, 6.45) is 1.44. The summed E-state index contributed by atoms with van der Waals surface area (Å²) in [5, 5.41) is 0. The highest BCUT2D eigenvalue weighted by atomic mass is 19.1. The van der Waals surface area contributed by atoms with Crippen molar-refractivity contribution in [2.24, 2.45) is 5.92 Å². The van der Waals surface area contributed by atoms with Crippen LogP contribution in [0.3, 0.4) is 0 Å². The molecule has 0 aliphatic carbocycles. The number of hydrogen-bond donors (Lipinski definition) is 1. The summed E-state index contributed by atoms with van der Waals surface area (Å²) in [6.45, 7) is 2.94. The predicted octanol–water partition coefficient (Wildman–Crippen LogP) is 1.82. The molecule has 1 heterocycles. The number of esters is 1. The van der Waals surface area contributed by atoms with Crippen molar-refractivity contribution < 1.29 is 18.7 Å². The van der Waals surface area contributed by atoms with E-state index >= 15 is 0 Å². The monoisotopic (exact) mass is 294 g/mol. The highest BCUT2D eigenvalue weighted by molar-refractivity contribution is 5.95. The van der Waals surface area contributed by atoms with Gasteiger partial charge in [-0.3, -0.25) is 9.59 Å². The van der Waals surface area contributed by atoms with Crippen LogP contribution in [0.15, 0.2) is 18.2 Å². The second kappa shape index (κ2) is 6.56. The van der Waals surface area contributed by atoms with Crippen LogP contribution in [-0.4, -0.2) is 36.5 Å². The van der Waals surface area contributed by atoms with Gasteiger partial charge in [-0.25, -0.2) is 4.39 Å². The van der Waals surface area contributed by atoms with E-state index in [1.54, 1.807) is 11.8 Å². The highest BCUT2D eigenvalue weighted by Crippen LogP contribution is 2.21. The summed E-state index contributed by atoms with van der Waals surface area (Å²) in [5.41, 5.74) is 5.65. The zero-order chi connectivity index (χ0) is 15.4. The molecule has 1 aliphatic rings. The topological polar surface area (TPSA) is 72.6 Å². The fourth-order valence-corrected chi connectivity index (χ4v) is 2.46. The molecule has 5 nitrogen and oxygen atoms in total. The van der Waals surface area contributed by atoms with Gasteiger partial charge in [0.2, 0.25) is 0 Å². The number of nitrogens with two attached hydrogens (primary N) is 1. The standard InChI is InChI=1S/C15H19FN2O3/c1-2-21-15(20)11-4-3-7-18(9-11)14(19)10-5-6-13(17)12(16)8-10/h5-6,8,11H,2-4,7,9,17H2,1H3/t11-/m0/s1. The number of nitrogens with zero attached hydrogens (tertiary/aromatic N) is 1. The van der Waals surface area contributed by atoms with Crippen LogP contribution in [0.2, 0.25) is 0 Å². The van der Waals surface area contributed by atoms with Crippen LogP contribution in [0.1, 0.15) is 30.1 Å². The minimum Gasteiger partial charge on any atom is -0.466 e. The molecule has 0 spiro atoms. The summed E-state index contributed by atoms with van der Waals surface area (Å²) in [5.74, 6) is -1.48. The molecular formula is C15H19FN2O3. The molecule has 0 bridgehead atoms. The van der Waals surface area contributed by atoms with Crippen molar-refractivity contribution in [1.29, 1.82) is 0 Å². The van der Waals surface area contributed by atoms with Crippen molar-refractivity contribution in [3.05, 3.63) is 29.6 Å². The van der Waals surface area contributed by atoms with Crippen molar-refractivity contribution in [3.8, 4) is 0 Å². The lowest BCUT2D eigenvalue weighted by molar-refractivity contribution is -0.149. The Hall–Kier alpha value is -2.11. The zero-order valence-electron chi connectivity index (χ0n) is 12.0. The normalized spacial score (nSPS) is 18.4. The lowest BCUT2D eigenvalue weighted by Crippen LogP contribution is -2.42. The molecule has 1 fully saturated rings. The third-order valence-electron chi connectivity index (χ3n) is 3.58. The van der Waals surface area contributed by atoms with Gasteiger partial charge in [0, 0.05) is 18.7 Å². The first-order chi connectivity index (χ1) is 10.0. The molecule has 1 aromatic rings. The molecule has 1 amide bonds. The molecule has 2 rings (SSSR count). The quantitative estimate of drug-likeness (QED) is 0.682. The number of carbonyl (C=O) groups is 2. The number of ether oxygens (including phenoxy) is 1. The van der Waals surface area contributed by atoms with Crippen molar-refractivity contribution in [2.75, 3.05) is 25.4 Å². The number of piperidine rings is 1. The van der Waals surface area contributed by atoms with E-state index in [1.807, 2.05) is 0 Å². The van der Waals surface area contributed by atoms with Crippen LogP contribution in [0, 0.1) is 11.7 Å². The van der Waals surface area contributed by atoms with Gasteiger partial charge in [0.15, 0.2) is 0 Å². The molecule has 114 valence electrons. The van der Waals surface area contributed by atoms with Gasteiger partial charge in [-0.15, -0.1) is 0 Å². The molecule has 1 atom stereocenters. The number of carbonyl (C=O) groups excluding carboxylic acids is 2. The molecule has 6 heteroatoms. The van der Waals surface area contributed by atoms with E-state index in [-0.39, 0.29) is 29.0 Å². The summed E-state index contributed by atoms with van der Waals surface area (Å²) in [4.78, 5) is 25.7. The van der Waals surface area contributed by atoms with Crippen molar-refractivity contribution in [3.63, 3.8) is 0 Å². The summed E-state index contributed by atoms with van der Waals surface area (Å²) >= 11 is 0. The third kappa shape index (κ3) is 3.51. The number of benzene rings is 1. The average Bonchev–Trinajstić information content (AvgIpc) is 2.49. The van der Waals surface area contributed by atoms with Crippen LogP contribution in [0.5, 0.6) is 0 Å². The summed E-state index contributed by atoms with van der Waals surface area (Å²) in [7, 11) is 0. The Bertz CT molecular complexity index is 548. The molecule has 2 N–H and O–H groups in total. The highest BCUT2D eigenvalue weighted by Gasteiger charge is 2.29. The van der Waals surface area contributed by atoms with Crippen LogP contribution in [-0.2, 0) is 9.53 Å². The fraction of sp³-hybridized carbons (Fsp3) is 0.467. The molecule has 1 aromatic carbocycles. The molecule has 1 aliphatic heterocycles. The van der Waals surface area contributed by atoms with E-state index in [0.717, 1.165) is 12.5 Å². The second-order valence-electron chi connectivity index (χ2n) is 5.08. The number of likely N-dealkylation sites (tertiary alicyclic amines) is 1. The molecule has 0 radical (unpaired) electrons. The Morgan fingerprint density at radius 1 is 1.48 bits per heavy atom. The smallest absolute Gasteiger partial charge is 0.310 e. The largest absolute Gasteiger partial charge is 0.466 e. The first-order valence-electron chi connectivity index (χ1n) is 7.04. The minimum atomic E-state index is -0.611. The minimum absolute atomic E-state index is 0.00888. The molecule has 0 unspecified atom stereocenters. The van der Waals surface area contributed by atoms with Crippen molar-refractivity contribution >= 4 is 17.6 Å². The lowest BCUT2D eigenvalue weighted by atomic mass is 9.97. The maximum absolute atomic E-state index is 13.4. The van der Waals surface area contributed by atoms with Gasteiger partial charge in [-0.05, 0) is 38.0 Å². The van der Waals surface area contributed by atoms with Gasteiger partial charge >= 0.3 is 5.97 Å². The molecular weight excluding hydrogens is 275 g/mol. The van der Waals surface area contributed by atoms with Crippen molar-refractivity contribution in [2.45, 2.75) is 19.8 Å². The van der Waals surface area contributed by atoms with E-state index in [1.165, 1.54) is 12.1 Å². The van der Waals surface area contributed by atoms with Crippen molar-refractivity contribution in [1.82, 2.24) is 4.90 Å². The Balaban J connectivity index is 2.08. The molecule has 1 saturated heterocycles. The van der Waals surface area contributed by atoms with Crippen LogP contribution in [0.25, 0.3) is 0 Å². The number of amides is 1. The van der Waals surface area contributed by atoms with Crippen LogP contribution < -0.4 is 5.73 Å². The van der Waals surface area contributed by atoms with Gasteiger partial charge < -0.3 is 15.4 Å². The molecule has 0 saturated carbocycles. The van der Waals surface area contributed by atoms with E-state index < -0.39 is 5.82 Å². The third-order valence-corrected chi connectivity index (χ3v) is 3.58. The first-order valence-corrected chi connectivity index (χ1v) is 7.04. The van der Waals surface area contributed by atoms with E-state index in [0.29, 0.717) is 26.1 Å². The first kappa shape index (κ1) is 15.3. The summed E-state index contributed by atoms with van der Waals surface area (Å²) < 4.78 is 18.4. The Morgan fingerprint density at radius 3 is 2.90 bits per heavy atom. The number of hydrogen-bond acceptors (Lipinski definition) is 4. The Morgan fingerprint density at radius 2 is 2.24 bits per heavy atom. The van der Waals surface area contributed by atoms with Gasteiger partial charge in [0.1, 0.15) is 5.82 Å². The van der Waals surface area contributed by atoms with Crippen LogP contribution in [0.4, 0.5) is 10.1 Å². The number of anilines is 1. The fourth-order valence-electron chi connectivity index (χ4n) is 2.46. The SMILES string of the molecule is CCOC(=O)[C@H]1CCCN(C(=O)c2ccc(N)c(F)c2)C1. The van der Waals surface area contributed by atoms with Gasteiger partial charge in [0.05, 0.1) is 18.2 Å². The van der Waals surface area contributed by atoms with E-state index in [2.05, 4.69) is 0 Å². The van der Waals surface area contributed by atoms with Gasteiger partial charge in [0.25, 0.3) is 5.91 Å². The maximum Gasteiger partial charge on any atom is 0.310 e. The van der Waals surface area contributed by atoms with E-state index in [4.69, 9.17) is 10.5 Å². The van der Waals surface area contributed by atoms with Gasteiger partial charge in [-0.1, -0.05) is 0 Å². The average molecular weight is 294 g/mol. The number of rotatable bonds is 3. The zero-order valence-corrected chi connectivity index (χ0v) is 12.0. The van der Waals surface area contributed by atoms with Crippen LogP contribution >= 0.6 is 0 Å². The van der Waals surface area contributed by atoms with E-state index in [9.17, 15) is 14.0 Å². The predicted molar refractivity (Wildman–Crippen MR) is 76.1 cm³/mol. The van der Waals surface area contributed by atoms with Gasteiger partial charge in [-0.2, -0.15) is 0 Å². The Kier molecular flexibility index (Phi) is 4.77.